The molecular weight excluding hydrogens is 278 g/mol. The smallest absolute Gasteiger partial charge is 0.335 e. The number of anilines is 2. The molecule has 0 aliphatic carbocycles. The van der Waals surface area contributed by atoms with Gasteiger partial charge in [0.05, 0.1) is 28.1 Å². The van der Waals surface area contributed by atoms with E-state index in [1.807, 2.05) is 0 Å². The van der Waals surface area contributed by atoms with Gasteiger partial charge in [-0.05, 0) is 25.1 Å². The molecule has 0 unspecified atom stereocenters. The van der Waals surface area contributed by atoms with Crippen molar-refractivity contribution in [2.24, 2.45) is 0 Å². The molecule has 0 aliphatic rings. The van der Waals surface area contributed by atoms with Crippen molar-refractivity contribution >= 4 is 34.6 Å². The Morgan fingerprint density at radius 1 is 1.40 bits per heavy atom. The summed E-state index contributed by atoms with van der Waals surface area (Å²) in [7, 11) is 1.59. The van der Waals surface area contributed by atoms with Crippen LogP contribution in [0, 0.1) is 6.92 Å². The normalized spacial score (nSPS) is 10.3. The number of nitrogens with zero attached hydrogens (tertiary/aromatic N) is 2. The monoisotopic (exact) mass is 291 g/mol. The Balaban J connectivity index is 2.34. The number of hydrogen-bond donors (Lipinski definition) is 2. The highest BCUT2D eigenvalue weighted by atomic mass is 32.1. The average molecular weight is 291 g/mol. The lowest BCUT2D eigenvalue weighted by atomic mass is 10.1. The van der Waals surface area contributed by atoms with E-state index >= 15 is 0 Å². The van der Waals surface area contributed by atoms with E-state index in [-0.39, 0.29) is 17.2 Å². The highest BCUT2D eigenvalue weighted by Crippen LogP contribution is 2.26. The number of benzene rings is 1. The quantitative estimate of drug-likeness (QED) is 0.843. The van der Waals surface area contributed by atoms with Crippen LogP contribution in [-0.4, -0.2) is 29.0 Å². The zero-order valence-corrected chi connectivity index (χ0v) is 11.8. The second-order valence-electron chi connectivity index (χ2n) is 4.21. The summed E-state index contributed by atoms with van der Waals surface area (Å²) in [6.45, 7) is 1.76. The summed E-state index contributed by atoms with van der Waals surface area (Å²) in [6, 6.07) is 4.27. The standard InChI is InChI=1S/C13H13N3O3S/c1-7-11(20-6-15-7)12(17)16(2)10-4-3-8(13(18)19)5-9(10)14/h3-6H,14H2,1-2H3,(H,18,19). The molecule has 2 aromatic rings. The molecule has 20 heavy (non-hydrogen) atoms. The Morgan fingerprint density at radius 3 is 2.60 bits per heavy atom. The zero-order valence-electron chi connectivity index (χ0n) is 11.0. The Kier molecular flexibility index (Phi) is 3.71. The van der Waals surface area contributed by atoms with E-state index in [0.29, 0.717) is 16.3 Å². The Hall–Kier alpha value is -2.41. The van der Waals surface area contributed by atoms with Crippen LogP contribution < -0.4 is 10.6 Å². The van der Waals surface area contributed by atoms with Gasteiger partial charge in [0.25, 0.3) is 5.91 Å². The van der Waals surface area contributed by atoms with Crippen LogP contribution in [0.4, 0.5) is 11.4 Å². The van der Waals surface area contributed by atoms with E-state index in [1.54, 1.807) is 19.5 Å². The first-order chi connectivity index (χ1) is 9.41. The van der Waals surface area contributed by atoms with E-state index in [1.165, 1.54) is 34.4 Å². The number of carbonyl (C=O) groups excluding carboxylic acids is 1. The van der Waals surface area contributed by atoms with Gasteiger partial charge in [0.15, 0.2) is 0 Å². The number of amides is 1. The Labute approximate surface area is 119 Å². The van der Waals surface area contributed by atoms with Crippen LogP contribution in [0.5, 0.6) is 0 Å². The third-order valence-electron chi connectivity index (χ3n) is 2.88. The van der Waals surface area contributed by atoms with Crippen molar-refractivity contribution in [2.75, 3.05) is 17.7 Å². The Bertz CT molecular complexity index is 681. The predicted molar refractivity (Wildman–Crippen MR) is 77.4 cm³/mol. The third-order valence-corrected chi connectivity index (χ3v) is 3.80. The first-order valence-corrected chi connectivity index (χ1v) is 6.60. The molecular formula is C13H13N3O3S. The van der Waals surface area contributed by atoms with Crippen LogP contribution in [0.3, 0.4) is 0 Å². The topological polar surface area (TPSA) is 96.5 Å². The third kappa shape index (κ3) is 2.48. The van der Waals surface area contributed by atoms with Crippen LogP contribution in [-0.2, 0) is 0 Å². The summed E-state index contributed by atoms with van der Waals surface area (Å²) in [5.41, 5.74) is 8.87. The van der Waals surface area contributed by atoms with Gasteiger partial charge < -0.3 is 15.7 Å². The molecule has 0 bridgehead atoms. The number of aromatic nitrogens is 1. The minimum Gasteiger partial charge on any atom is -0.478 e. The van der Waals surface area contributed by atoms with Crippen molar-refractivity contribution in [3.63, 3.8) is 0 Å². The van der Waals surface area contributed by atoms with Crippen LogP contribution in [0.1, 0.15) is 25.7 Å². The van der Waals surface area contributed by atoms with Gasteiger partial charge in [0.1, 0.15) is 4.88 Å². The molecule has 0 fully saturated rings. The molecule has 0 saturated heterocycles. The molecule has 0 aliphatic heterocycles. The van der Waals surface area contributed by atoms with Crippen molar-refractivity contribution in [3.8, 4) is 0 Å². The number of carboxylic acid groups (broad SMARTS) is 1. The van der Waals surface area contributed by atoms with Gasteiger partial charge in [-0.15, -0.1) is 11.3 Å². The first-order valence-electron chi connectivity index (χ1n) is 5.72. The summed E-state index contributed by atoms with van der Waals surface area (Å²) in [6.07, 6.45) is 0. The van der Waals surface area contributed by atoms with Crippen LogP contribution in [0.15, 0.2) is 23.7 Å². The predicted octanol–water partition coefficient (Wildman–Crippen LogP) is 2.01. The van der Waals surface area contributed by atoms with Crippen LogP contribution in [0.25, 0.3) is 0 Å². The molecule has 1 amide bonds. The minimum atomic E-state index is -1.06. The van der Waals surface area contributed by atoms with Crippen molar-refractivity contribution < 1.29 is 14.7 Å². The van der Waals surface area contributed by atoms with Crippen molar-refractivity contribution in [2.45, 2.75) is 6.92 Å². The van der Waals surface area contributed by atoms with Gasteiger partial charge in [-0.3, -0.25) is 4.79 Å². The van der Waals surface area contributed by atoms with Crippen molar-refractivity contribution in [1.82, 2.24) is 4.98 Å². The number of hydrogen-bond acceptors (Lipinski definition) is 5. The van der Waals surface area contributed by atoms with Crippen molar-refractivity contribution in [1.29, 1.82) is 0 Å². The first kappa shape index (κ1) is 14.0. The molecule has 7 heteroatoms. The van der Waals surface area contributed by atoms with Gasteiger partial charge in [-0.25, -0.2) is 9.78 Å². The van der Waals surface area contributed by atoms with Gasteiger partial charge in [0.2, 0.25) is 0 Å². The lowest BCUT2D eigenvalue weighted by Gasteiger charge is -2.19. The average Bonchev–Trinajstić information content (AvgIpc) is 2.83. The molecule has 2 rings (SSSR count). The maximum absolute atomic E-state index is 12.3. The highest BCUT2D eigenvalue weighted by molar-refractivity contribution is 7.12. The molecule has 1 aromatic heterocycles. The van der Waals surface area contributed by atoms with E-state index < -0.39 is 5.97 Å². The fourth-order valence-corrected chi connectivity index (χ4v) is 2.54. The molecule has 0 radical (unpaired) electrons. The maximum atomic E-state index is 12.3. The number of carbonyl (C=O) groups is 2. The molecule has 0 spiro atoms. The minimum absolute atomic E-state index is 0.0843. The Morgan fingerprint density at radius 2 is 2.10 bits per heavy atom. The maximum Gasteiger partial charge on any atom is 0.335 e. The summed E-state index contributed by atoms with van der Waals surface area (Å²) in [5, 5.41) is 8.89. The summed E-state index contributed by atoms with van der Waals surface area (Å²) in [5.74, 6) is -1.28. The molecule has 1 heterocycles. The lowest BCUT2D eigenvalue weighted by Crippen LogP contribution is -2.27. The summed E-state index contributed by atoms with van der Waals surface area (Å²) in [4.78, 5) is 29.1. The van der Waals surface area contributed by atoms with E-state index in [0.717, 1.165) is 0 Å². The number of nitrogen functional groups attached to an aromatic ring is 1. The van der Waals surface area contributed by atoms with E-state index in [4.69, 9.17) is 10.8 Å². The van der Waals surface area contributed by atoms with Gasteiger partial charge in [-0.1, -0.05) is 0 Å². The zero-order chi connectivity index (χ0) is 14.9. The van der Waals surface area contributed by atoms with Gasteiger partial charge >= 0.3 is 5.97 Å². The fourth-order valence-electron chi connectivity index (χ4n) is 1.76. The van der Waals surface area contributed by atoms with Crippen LogP contribution >= 0.6 is 11.3 Å². The number of aryl methyl sites for hydroxylation is 1. The van der Waals surface area contributed by atoms with E-state index in [9.17, 15) is 9.59 Å². The molecule has 3 N–H and O–H groups in total. The van der Waals surface area contributed by atoms with Crippen LogP contribution in [0.2, 0.25) is 0 Å². The highest BCUT2D eigenvalue weighted by Gasteiger charge is 2.20. The molecule has 0 saturated carbocycles. The second kappa shape index (κ2) is 5.30. The van der Waals surface area contributed by atoms with Gasteiger partial charge in [0, 0.05) is 7.05 Å². The fraction of sp³-hybridized carbons (Fsp3) is 0.154. The summed E-state index contributed by atoms with van der Waals surface area (Å²) >= 11 is 1.26. The second-order valence-corrected chi connectivity index (χ2v) is 5.06. The molecule has 1 aromatic carbocycles. The van der Waals surface area contributed by atoms with E-state index in [2.05, 4.69) is 4.98 Å². The number of carboxylic acids is 1. The molecule has 0 atom stereocenters. The van der Waals surface area contributed by atoms with Crippen molar-refractivity contribution in [3.05, 3.63) is 39.8 Å². The number of thiazole rings is 1. The number of rotatable bonds is 3. The number of nitrogens with two attached hydrogens (primary N) is 1. The van der Waals surface area contributed by atoms with Gasteiger partial charge in [-0.2, -0.15) is 0 Å². The SMILES string of the molecule is Cc1ncsc1C(=O)N(C)c1ccc(C(=O)O)cc1N. The lowest BCUT2D eigenvalue weighted by molar-refractivity contribution is 0.0697. The largest absolute Gasteiger partial charge is 0.478 e. The molecule has 104 valence electrons. The number of aromatic carboxylic acids is 1. The molecule has 6 nitrogen and oxygen atoms in total. The summed E-state index contributed by atoms with van der Waals surface area (Å²) < 4.78 is 0.